The molecule has 1 aromatic heterocycles. The molecular weight excluding hydrogens is 290 g/mol. The van der Waals surface area contributed by atoms with E-state index < -0.39 is 9.84 Å². The molecule has 21 heavy (non-hydrogen) atoms. The molecule has 5 nitrogen and oxygen atoms in total. The van der Waals surface area contributed by atoms with Gasteiger partial charge in [-0.15, -0.1) is 0 Å². The van der Waals surface area contributed by atoms with Crippen LogP contribution in [0.2, 0.25) is 0 Å². The van der Waals surface area contributed by atoms with Crippen LogP contribution in [-0.4, -0.2) is 26.6 Å². The Kier molecular flexibility index (Phi) is 5.16. The molecule has 6 heteroatoms. The lowest BCUT2D eigenvalue weighted by atomic mass is 10.2. The lowest BCUT2D eigenvalue weighted by Crippen LogP contribution is -2.25. The summed E-state index contributed by atoms with van der Waals surface area (Å²) in [6.45, 7) is 0.299. The molecule has 0 aliphatic rings. The number of benzene rings is 1. The minimum absolute atomic E-state index is 0.0277. The van der Waals surface area contributed by atoms with Crippen molar-refractivity contribution in [1.29, 1.82) is 0 Å². The zero-order valence-electron chi connectivity index (χ0n) is 11.5. The number of hydrogen-bond donors (Lipinski definition) is 1. The fourth-order valence-corrected chi connectivity index (χ4v) is 3.32. The summed E-state index contributed by atoms with van der Waals surface area (Å²) >= 11 is 0. The van der Waals surface area contributed by atoms with E-state index in [1.54, 1.807) is 24.3 Å². The van der Waals surface area contributed by atoms with E-state index in [-0.39, 0.29) is 23.2 Å². The average Bonchev–Trinajstić information content (AvgIpc) is 2.98. The van der Waals surface area contributed by atoms with E-state index in [1.165, 1.54) is 6.26 Å². The van der Waals surface area contributed by atoms with E-state index in [0.29, 0.717) is 13.0 Å². The SMILES string of the molecule is O=C(NCCCS(=O)(=O)Cc1ccccc1)c1ccco1. The second-order valence-electron chi connectivity index (χ2n) is 4.66. The number of nitrogens with one attached hydrogen (secondary N) is 1. The molecule has 2 aromatic rings. The van der Waals surface area contributed by atoms with E-state index in [9.17, 15) is 13.2 Å². The molecule has 0 fully saturated rings. The molecule has 0 radical (unpaired) electrons. The number of sulfone groups is 1. The summed E-state index contributed by atoms with van der Waals surface area (Å²) in [6, 6.07) is 12.2. The maximum Gasteiger partial charge on any atom is 0.286 e. The summed E-state index contributed by atoms with van der Waals surface area (Å²) < 4.78 is 28.8. The molecule has 0 bridgehead atoms. The van der Waals surface area contributed by atoms with Crippen LogP contribution in [0.15, 0.2) is 53.1 Å². The number of carbonyl (C=O) groups is 1. The van der Waals surface area contributed by atoms with Crippen LogP contribution in [0, 0.1) is 0 Å². The summed E-state index contributed by atoms with van der Waals surface area (Å²) in [7, 11) is -3.16. The minimum atomic E-state index is -3.16. The second kappa shape index (κ2) is 7.08. The van der Waals surface area contributed by atoms with Crippen molar-refractivity contribution in [3.05, 3.63) is 60.1 Å². The van der Waals surface area contributed by atoms with Crippen molar-refractivity contribution in [3.63, 3.8) is 0 Å². The van der Waals surface area contributed by atoms with Crippen LogP contribution in [0.4, 0.5) is 0 Å². The molecule has 0 aliphatic carbocycles. The number of amides is 1. The maximum absolute atomic E-state index is 11.9. The lowest BCUT2D eigenvalue weighted by Gasteiger charge is -2.05. The van der Waals surface area contributed by atoms with Crippen LogP contribution < -0.4 is 5.32 Å². The van der Waals surface area contributed by atoms with Gasteiger partial charge in [-0.3, -0.25) is 4.79 Å². The van der Waals surface area contributed by atoms with Crippen LogP contribution in [-0.2, 0) is 15.6 Å². The molecule has 0 atom stereocenters. The van der Waals surface area contributed by atoms with E-state index >= 15 is 0 Å². The Hall–Kier alpha value is -2.08. The number of carbonyl (C=O) groups excluding carboxylic acids is 1. The summed E-state index contributed by atoms with van der Waals surface area (Å²) in [5.74, 6) is -0.0390. The predicted octanol–water partition coefficient (Wildman–Crippen LogP) is 2.01. The lowest BCUT2D eigenvalue weighted by molar-refractivity contribution is 0.0926. The highest BCUT2D eigenvalue weighted by Crippen LogP contribution is 2.07. The molecule has 0 unspecified atom stereocenters. The van der Waals surface area contributed by atoms with Gasteiger partial charge < -0.3 is 9.73 Å². The number of rotatable bonds is 7. The molecular formula is C15H17NO4S. The van der Waals surface area contributed by atoms with E-state index in [1.807, 2.05) is 18.2 Å². The number of hydrogen-bond acceptors (Lipinski definition) is 4. The first-order valence-electron chi connectivity index (χ1n) is 6.63. The largest absolute Gasteiger partial charge is 0.459 e. The molecule has 1 heterocycles. The predicted molar refractivity (Wildman–Crippen MR) is 79.6 cm³/mol. The van der Waals surface area contributed by atoms with Gasteiger partial charge in [-0.05, 0) is 24.1 Å². The van der Waals surface area contributed by atoms with Crippen molar-refractivity contribution in [1.82, 2.24) is 5.32 Å². The Morgan fingerprint density at radius 3 is 2.52 bits per heavy atom. The average molecular weight is 307 g/mol. The first-order chi connectivity index (χ1) is 10.1. The molecule has 0 saturated carbocycles. The van der Waals surface area contributed by atoms with Gasteiger partial charge in [-0.1, -0.05) is 30.3 Å². The fourth-order valence-electron chi connectivity index (χ4n) is 1.89. The Labute approximate surface area is 123 Å². The van der Waals surface area contributed by atoms with E-state index in [0.717, 1.165) is 5.56 Å². The highest BCUT2D eigenvalue weighted by atomic mass is 32.2. The van der Waals surface area contributed by atoms with Crippen molar-refractivity contribution in [3.8, 4) is 0 Å². The first kappa shape index (κ1) is 15.3. The van der Waals surface area contributed by atoms with Gasteiger partial charge >= 0.3 is 0 Å². The maximum atomic E-state index is 11.9. The van der Waals surface area contributed by atoms with E-state index in [4.69, 9.17) is 4.42 Å². The molecule has 0 saturated heterocycles. The fraction of sp³-hybridized carbons (Fsp3) is 0.267. The van der Waals surface area contributed by atoms with Crippen LogP contribution >= 0.6 is 0 Å². The van der Waals surface area contributed by atoms with Crippen molar-refractivity contribution in [2.45, 2.75) is 12.2 Å². The topological polar surface area (TPSA) is 76.4 Å². The van der Waals surface area contributed by atoms with Crippen molar-refractivity contribution >= 4 is 15.7 Å². The zero-order chi connectivity index (χ0) is 15.1. The highest BCUT2D eigenvalue weighted by Gasteiger charge is 2.12. The third-order valence-electron chi connectivity index (χ3n) is 2.89. The monoisotopic (exact) mass is 307 g/mol. The van der Waals surface area contributed by atoms with Gasteiger partial charge in [0.2, 0.25) is 0 Å². The Balaban J connectivity index is 1.74. The highest BCUT2D eigenvalue weighted by molar-refractivity contribution is 7.90. The number of furan rings is 1. The van der Waals surface area contributed by atoms with Gasteiger partial charge in [0.25, 0.3) is 5.91 Å². The Bertz CT molecular complexity index is 663. The first-order valence-corrected chi connectivity index (χ1v) is 8.45. The molecule has 0 aliphatic heterocycles. The van der Waals surface area contributed by atoms with Gasteiger partial charge in [-0.25, -0.2) is 8.42 Å². The molecule has 1 aromatic carbocycles. The Morgan fingerprint density at radius 1 is 1.10 bits per heavy atom. The zero-order valence-corrected chi connectivity index (χ0v) is 12.3. The third kappa shape index (κ3) is 5.07. The van der Waals surface area contributed by atoms with Crippen LogP contribution in [0.1, 0.15) is 22.5 Å². The normalized spacial score (nSPS) is 11.2. The summed E-state index contributed by atoms with van der Waals surface area (Å²) in [4.78, 5) is 11.6. The Morgan fingerprint density at radius 2 is 1.86 bits per heavy atom. The van der Waals surface area contributed by atoms with Crippen molar-refractivity contribution in [2.75, 3.05) is 12.3 Å². The third-order valence-corrected chi connectivity index (χ3v) is 4.58. The quantitative estimate of drug-likeness (QED) is 0.794. The molecule has 112 valence electrons. The van der Waals surface area contributed by atoms with Gasteiger partial charge in [0.05, 0.1) is 17.8 Å². The summed E-state index contributed by atoms with van der Waals surface area (Å²) in [6.07, 6.45) is 1.79. The standard InChI is InChI=1S/C15H17NO4S/c17-15(14-8-4-10-20-14)16-9-5-11-21(18,19)12-13-6-2-1-3-7-13/h1-4,6-8,10H,5,9,11-12H2,(H,16,17). The van der Waals surface area contributed by atoms with Crippen molar-refractivity contribution < 1.29 is 17.6 Å². The minimum Gasteiger partial charge on any atom is -0.459 e. The van der Waals surface area contributed by atoms with Crippen LogP contribution in [0.25, 0.3) is 0 Å². The van der Waals surface area contributed by atoms with Gasteiger partial charge in [0, 0.05) is 6.54 Å². The van der Waals surface area contributed by atoms with Crippen LogP contribution in [0.3, 0.4) is 0 Å². The molecule has 2 rings (SSSR count). The summed E-state index contributed by atoms with van der Waals surface area (Å²) in [5, 5.41) is 2.62. The second-order valence-corrected chi connectivity index (χ2v) is 6.85. The van der Waals surface area contributed by atoms with E-state index in [2.05, 4.69) is 5.32 Å². The molecule has 1 N–H and O–H groups in total. The van der Waals surface area contributed by atoms with Gasteiger partial charge in [0.1, 0.15) is 0 Å². The van der Waals surface area contributed by atoms with Crippen molar-refractivity contribution in [2.24, 2.45) is 0 Å². The van der Waals surface area contributed by atoms with Gasteiger partial charge in [0.15, 0.2) is 15.6 Å². The van der Waals surface area contributed by atoms with Crippen LogP contribution in [0.5, 0.6) is 0 Å². The summed E-state index contributed by atoms with van der Waals surface area (Å²) in [5.41, 5.74) is 0.775. The molecule has 0 spiro atoms. The van der Waals surface area contributed by atoms with Gasteiger partial charge in [-0.2, -0.15) is 0 Å². The smallest absolute Gasteiger partial charge is 0.286 e. The molecule has 1 amide bonds.